The Kier molecular flexibility index (Phi) is 6.17. The van der Waals surface area contributed by atoms with E-state index < -0.39 is 13.9 Å². The highest BCUT2D eigenvalue weighted by atomic mass is 31.1. The Labute approximate surface area is 214 Å². The summed E-state index contributed by atoms with van der Waals surface area (Å²) >= 11 is 0. The normalized spacial score (nSPS) is 22.1. The van der Waals surface area contributed by atoms with Gasteiger partial charge >= 0.3 is 0 Å². The summed E-state index contributed by atoms with van der Waals surface area (Å²) in [6.07, 6.45) is 1.69. The molecule has 0 bridgehead atoms. The first-order valence-corrected chi connectivity index (χ1v) is 14.1. The lowest BCUT2D eigenvalue weighted by molar-refractivity contribution is -0.236. The van der Waals surface area contributed by atoms with Crippen molar-refractivity contribution in [1.29, 1.82) is 0 Å². The molecule has 2 aliphatic heterocycles. The van der Waals surface area contributed by atoms with E-state index in [9.17, 15) is 0 Å². The lowest BCUT2D eigenvalue weighted by Gasteiger charge is -2.30. The molecule has 0 fully saturated rings. The molecule has 0 saturated carbocycles. The molecule has 6 rings (SSSR count). The van der Waals surface area contributed by atoms with Gasteiger partial charge in [0.25, 0.3) is 0 Å². The Bertz CT molecular complexity index is 1330. The minimum atomic E-state index is -1.08. The molecule has 3 atom stereocenters. The molecule has 0 saturated heterocycles. The first-order valence-electron chi connectivity index (χ1n) is 12.8. The van der Waals surface area contributed by atoms with E-state index in [1.54, 1.807) is 0 Å². The van der Waals surface area contributed by atoms with E-state index in [-0.39, 0.29) is 12.2 Å². The van der Waals surface area contributed by atoms with Crippen molar-refractivity contribution in [1.82, 2.24) is 0 Å². The molecule has 4 heteroatoms. The molecule has 0 aliphatic carbocycles. The van der Waals surface area contributed by atoms with Crippen LogP contribution in [0, 0.1) is 6.92 Å². The van der Waals surface area contributed by atoms with E-state index in [1.165, 1.54) is 21.7 Å². The Morgan fingerprint density at radius 3 is 1.75 bits per heavy atom. The molecule has 4 aromatic carbocycles. The summed E-state index contributed by atoms with van der Waals surface area (Å²) in [7, 11) is -1.08. The van der Waals surface area contributed by atoms with Crippen molar-refractivity contribution in [3.8, 4) is 5.75 Å². The molecule has 0 unspecified atom stereocenters. The van der Waals surface area contributed by atoms with Crippen LogP contribution >= 0.6 is 8.15 Å². The number of aryl methyl sites for hydroxylation is 1. The van der Waals surface area contributed by atoms with Crippen LogP contribution in [0.25, 0.3) is 0 Å². The van der Waals surface area contributed by atoms with Crippen LogP contribution in [-0.4, -0.2) is 0 Å². The van der Waals surface area contributed by atoms with Crippen LogP contribution in [0.15, 0.2) is 97.1 Å². The lowest BCUT2D eigenvalue weighted by atomic mass is 9.88. The van der Waals surface area contributed by atoms with Crippen molar-refractivity contribution >= 4 is 18.8 Å². The minimum absolute atomic E-state index is 0.0128. The number of hydrogen-bond donors (Lipinski definition) is 0. The molecule has 36 heavy (non-hydrogen) atoms. The molecule has 182 valence electrons. The predicted molar refractivity (Wildman–Crippen MR) is 146 cm³/mol. The SMILES string of the molecule is CC[C@@H]1O[C@@]2(O[C@@H](CC)c3cccc(OP(c4ccccc4)c4ccccc4)c32)c2c(C)cccc21. The third kappa shape index (κ3) is 3.69. The minimum Gasteiger partial charge on any atom is -0.464 e. The van der Waals surface area contributed by atoms with Gasteiger partial charge in [-0.25, -0.2) is 0 Å². The van der Waals surface area contributed by atoms with E-state index in [4.69, 9.17) is 14.0 Å². The molecule has 1 spiro atoms. The maximum atomic E-state index is 7.04. The number of benzene rings is 4. The molecule has 0 N–H and O–H groups in total. The zero-order valence-corrected chi connectivity index (χ0v) is 21.9. The van der Waals surface area contributed by atoms with Gasteiger partial charge in [0, 0.05) is 16.2 Å². The van der Waals surface area contributed by atoms with Gasteiger partial charge < -0.3 is 14.0 Å². The third-order valence-electron chi connectivity index (χ3n) is 7.24. The van der Waals surface area contributed by atoms with Crippen LogP contribution in [0.4, 0.5) is 0 Å². The number of rotatable bonds is 6. The quantitative estimate of drug-likeness (QED) is 0.259. The Balaban J connectivity index is 1.54. The van der Waals surface area contributed by atoms with Crippen LogP contribution in [0.2, 0.25) is 0 Å². The monoisotopic (exact) mass is 494 g/mol. The maximum Gasteiger partial charge on any atom is 0.228 e. The van der Waals surface area contributed by atoms with Crippen LogP contribution < -0.4 is 15.1 Å². The Morgan fingerprint density at radius 1 is 0.667 bits per heavy atom. The van der Waals surface area contributed by atoms with E-state index >= 15 is 0 Å². The summed E-state index contributed by atoms with van der Waals surface area (Å²) in [6.45, 7) is 6.51. The van der Waals surface area contributed by atoms with Gasteiger partial charge in [-0.2, -0.15) is 0 Å². The van der Waals surface area contributed by atoms with Crippen LogP contribution in [-0.2, 0) is 15.3 Å². The third-order valence-corrected chi connectivity index (χ3v) is 9.16. The van der Waals surface area contributed by atoms with Crippen molar-refractivity contribution in [3.05, 3.63) is 125 Å². The van der Waals surface area contributed by atoms with Crippen molar-refractivity contribution in [2.24, 2.45) is 0 Å². The second kappa shape index (κ2) is 9.48. The standard InChI is InChI=1S/C32H31O3P/c1-4-27-25-19-12-14-22(3)30(25)32(33-27)31-26(28(5-2)34-32)20-13-21-29(31)35-36(23-15-8-6-9-16-23)24-17-10-7-11-18-24/h6-21,27-28H,4-5H2,1-3H3/t27-,28-,32+/m0/s1. The Morgan fingerprint density at radius 2 is 1.19 bits per heavy atom. The van der Waals surface area contributed by atoms with E-state index in [1.807, 2.05) is 12.1 Å². The van der Waals surface area contributed by atoms with E-state index in [0.29, 0.717) is 0 Å². The maximum absolute atomic E-state index is 7.04. The summed E-state index contributed by atoms with van der Waals surface area (Å²) < 4.78 is 20.9. The number of hydrogen-bond acceptors (Lipinski definition) is 3. The summed E-state index contributed by atoms with van der Waals surface area (Å²) in [4.78, 5) is 0. The second-order valence-corrected chi connectivity index (χ2v) is 11.3. The van der Waals surface area contributed by atoms with Crippen LogP contribution in [0.1, 0.15) is 66.7 Å². The molecule has 0 aromatic heterocycles. The summed E-state index contributed by atoms with van der Waals surface area (Å²) in [5, 5.41) is 2.35. The van der Waals surface area contributed by atoms with Crippen molar-refractivity contribution in [2.45, 2.75) is 51.6 Å². The molecule has 2 heterocycles. The highest BCUT2D eigenvalue weighted by molar-refractivity contribution is 7.68. The molecular weight excluding hydrogens is 463 g/mol. The number of ether oxygens (including phenoxy) is 2. The molecule has 0 amide bonds. The molecule has 4 aromatic rings. The largest absolute Gasteiger partial charge is 0.464 e. The van der Waals surface area contributed by atoms with Gasteiger partial charge in [-0.1, -0.05) is 105 Å². The van der Waals surface area contributed by atoms with Crippen molar-refractivity contribution < 1.29 is 14.0 Å². The van der Waals surface area contributed by atoms with Gasteiger partial charge in [0.1, 0.15) is 5.75 Å². The van der Waals surface area contributed by atoms with Gasteiger partial charge in [-0.15, -0.1) is 0 Å². The average Bonchev–Trinajstić information content (AvgIpc) is 3.44. The van der Waals surface area contributed by atoms with Crippen LogP contribution in [0.5, 0.6) is 5.75 Å². The lowest BCUT2D eigenvalue weighted by Crippen LogP contribution is -2.29. The number of fused-ring (bicyclic) bond motifs is 4. The first-order chi connectivity index (χ1) is 17.7. The average molecular weight is 495 g/mol. The van der Waals surface area contributed by atoms with Crippen molar-refractivity contribution in [2.75, 3.05) is 0 Å². The van der Waals surface area contributed by atoms with Crippen molar-refractivity contribution in [3.63, 3.8) is 0 Å². The van der Waals surface area contributed by atoms with Gasteiger partial charge in [-0.05, 0) is 42.5 Å². The first kappa shape index (κ1) is 23.4. The molecule has 2 aliphatic rings. The zero-order chi connectivity index (χ0) is 24.7. The molecular formula is C32H31O3P. The topological polar surface area (TPSA) is 27.7 Å². The summed E-state index contributed by atoms with van der Waals surface area (Å²) in [6, 6.07) is 33.9. The highest BCUT2D eigenvalue weighted by Crippen LogP contribution is 2.61. The second-order valence-electron chi connectivity index (χ2n) is 9.46. The van der Waals surface area contributed by atoms with Gasteiger partial charge in [0.2, 0.25) is 5.79 Å². The highest BCUT2D eigenvalue weighted by Gasteiger charge is 2.56. The predicted octanol–water partition coefficient (Wildman–Crippen LogP) is 7.59. The van der Waals surface area contributed by atoms with E-state index in [0.717, 1.165) is 35.3 Å². The smallest absolute Gasteiger partial charge is 0.228 e. The van der Waals surface area contributed by atoms with E-state index in [2.05, 4.69) is 106 Å². The zero-order valence-electron chi connectivity index (χ0n) is 21.0. The fourth-order valence-electron chi connectivity index (χ4n) is 5.66. The van der Waals surface area contributed by atoms with Crippen LogP contribution in [0.3, 0.4) is 0 Å². The summed E-state index contributed by atoms with van der Waals surface area (Å²) in [5.41, 5.74) is 5.76. The van der Waals surface area contributed by atoms with Gasteiger partial charge in [0.05, 0.1) is 17.8 Å². The molecule has 3 nitrogen and oxygen atoms in total. The van der Waals surface area contributed by atoms with Gasteiger partial charge in [0.15, 0.2) is 8.15 Å². The Hall–Kier alpha value is -2.97. The fraction of sp³-hybridized carbons (Fsp3) is 0.250. The van der Waals surface area contributed by atoms with Gasteiger partial charge in [-0.3, -0.25) is 0 Å². The fourth-order valence-corrected chi connectivity index (χ4v) is 7.40. The molecule has 0 radical (unpaired) electrons. The summed E-state index contributed by atoms with van der Waals surface area (Å²) in [5.74, 6) is -0.115.